The molecule has 2 fully saturated rings. The van der Waals surface area contributed by atoms with Crippen molar-refractivity contribution in [1.82, 2.24) is 4.98 Å². The van der Waals surface area contributed by atoms with Crippen molar-refractivity contribution in [2.45, 2.75) is 44.1 Å². The van der Waals surface area contributed by atoms with Gasteiger partial charge >= 0.3 is 0 Å². The molecule has 92 valence electrons. The maximum absolute atomic E-state index is 12.0. The van der Waals surface area contributed by atoms with Gasteiger partial charge in [-0.1, -0.05) is 0 Å². The summed E-state index contributed by atoms with van der Waals surface area (Å²) < 4.78 is 0. The molecule has 4 nitrogen and oxygen atoms in total. The number of nitrogens with two attached hydrogens (primary N) is 1. The number of nitrogens with zero attached hydrogens (tertiary/aromatic N) is 1. The number of carbonyl (C=O) groups is 1. The van der Waals surface area contributed by atoms with E-state index in [0.717, 1.165) is 30.1 Å². The van der Waals surface area contributed by atoms with Gasteiger partial charge in [-0.05, 0) is 32.1 Å². The standard InChI is InChI=1S/C12H17N3OS/c13-9-4-3-8(5-9)11(16)15-12-14-10(6-17-12)7-1-2-7/h6-9H,1-5,13H2,(H,14,15,16)/t8-,9+/m0/s1. The molecule has 1 aromatic heterocycles. The lowest BCUT2D eigenvalue weighted by atomic mass is 10.1. The van der Waals surface area contributed by atoms with Crippen LogP contribution < -0.4 is 11.1 Å². The van der Waals surface area contributed by atoms with Crippen LogP contribution >= 0.6 is 11.3 Å². The van der Waals surface area contributed by atoms with Gasteiger partial charge < -0.3 is 11.1 Å². The molecule has 5 heteroatoms. The Morgan fingerprint density at radius 1 is 1.41 bits per heavy atom. The molecule has 0 unspecified atom stereocenters. The quantitative estimate of drug-likeness (QED) is 0.864. The predicted molar refractivity (Wildman–Crippen MR) is 68.0 cm³/mol. The van der Waals surface area contributed by atoms with Crippen molar-refractivity contribution in [3.8, 4) is 0 Å². The molecule has 17 heavy (non-hydrogen) atoms. The van der Waals surface area contributed by atoms with Crippen LogP contribution in [0.25, 0.3) is 0 Å². The third-order valence-corrected chi connectivity index (χ3v) is 4.37. The van der Waals surface area contributed by atoms with Crippen LogP contribution in [-0.2, 0) is 4.79 Å². The summed E-state index contributed by atoms with van der Waals surface area (Å²) in [6.07, 6.45) is 5.17. The molecule has 2 saturated carbocycles. The van der Waals surface area contributed by atoms with E-state index in [0.29, 0.717) is 5.92 Å². The lowest BCUT2D eigenvalue weighted by Gasteiger charge is -2.08. The highest BCUT2D eigenvalue weighted by atomic mass is 32.1. The summed E-state index contributed by atoms with van der Waals surface area (Å²) in [6, 6.07) is 0.198. The Kier molecular flexibility index (Phi) is 2.88. The highest BCUT2D eigenvalue weighted by Crippen LogP contribution is 2.41. The molecule has 0 radical (unpaired) electrons. The fraction of sp³-hybridized carbons (Fsp3) is 0.667. The van der Waals surface area contributed by atoms with Crippen LogP contribution in [0, 0.1) is 5.92 Å². The first-order valence-electron chi connectivity index (χ1n) is 6.24. The predicted octanol–water partition coefficient (Wildman–Crippen LogP) is 2.09. The Labute approximate surface area is 105 Å². The molecule has 0 saturated heterocycles. The lowest BCUT2D eigenvalue weighted by Crippen LogP contribution is -2.23. The number of rotatable bonds is 3. The van der Waals surface area contributed by atoms with Gasteiger partial charge in [-0.2, -0.15) is 0 Å². The molecule has 0 aliphatic heterocycles. The van der Waals surface area contributed by atoms with Crippen molar-refractivity contribution < 1.29 is 4.79 Å². The molecule has 0 bridgehead atoms. The molecule has 2 aliphatic carbocycles. The number of carbonyl (C=O) groups excluding carboxylic acids is 1. The largest absolute Gasteiger partial charge is 0.328 e. The van der Waals surface area contributed by atoms with Gasteiger partial charge in [0.2, 0.25) is 5.91 Å². The van der Waals surface area contributed by atoms with E-state index in [1.807, 2.05) is 0 Å². The van der Waals surface area contributed by atoms with E-state index in [9.17, 15) is 4.79 Å². The van der Waals surface area contributed by atoms with Gasteiger partial charge in [-0.15, -0.1) is 11.3 Å². The maximum Gasteiger partial charge on any atom is 0.229 e. The van der Waals surface area contributed by atoms with Crippen molar-refractivity contribution >= 4 is 22.4 Å². The summed E-state index contributed by atoms with van der Waals surface area (Å²) in [5.74, 6) is 0.824. The van der Waals surface area contributed by atoms with E-state index in [2.05, 4.69) is 15.7 Å². The summed E-state index contributed by atoms with van der Waals surface area (Å²) in [5, 5.41) is 5.73. The van der Waals surface area contributed by atoms with Crippen molar-refractivity contribution in [2.75, 3.05) is 5.32 Å². The minimum absolute atomic E-state index is 0.0817. The minimum atomic E-state index is 0.0817. The number of thiazole rings is 1. The van der Waals surface area contributed by atoms with Crippen molar-refractivity contribution in [3.63, 3.8) is 0 Å². The van der Waals surface area contributed by atoms with Crippen LogP contribution in [0.15, 0.2) is 5.38 Å². The molecule has 1 aromatic rings. The average molecular weight is 251 g/mol. The van der Waals surface area contributed by atoms with Crippen LogP contribution in [0.1, 0.15) is 43.7 Å². The normalized spacial score (nSPS) is 28.3. The molecule has 1 heterocycles. The summed E-state index contributed by atoms with van der Waals surface area (Å²) in [4.78, 5) is 16.4. The fourth-order valence-corrected chi connectivity index (χ4v) is 3.17. The van der Waals surface area contributed by atoms with Gasteiger partial charge in [0.1, 0.15) is 0 Å². The number of amides is 1. The van der Waals surface area contributed by atoms with Crippen molar-refractivity contribution in [2.24, 2.45) is 11.7 Å². The molecule has 2 atom stereocenters. The molecule has 3 rings (SSSR count). The Morgan fingerprint density at radius 3 is 2.88 bits per heavy atom. The second-order valence-corrected chi connectivity index (χ2v) is 5.97. The van der Waals surface area contributed by atoms with Gasteiger partial charge in [0.05, 0.1) is 5.69 Å². The van der Waals surface area contributed by atoms with Gasteiger partial charge in [0, 0.05) is 23.3 Å². The first-order chi connectivity index (χ1) is 8.22. The highest BCUT2D eigenvalue weighted by Gasteiger charge is 2.29. The average Bonchev–Trinajstić information content (AvgIpc) is 2.90. The molecule has 0 spiro atoms. The van der Waals surface area contributed by atoms with E-state index in [4.69, 9.17) is 5.73 Å². The van der Waals surface area contributed by atoms with Crippen molar-refractivity contribution in [1.29, 1.82) is 0 Å². The van der Waals surface area contributed by atoms with Crippen LogP contribution in [0.5, 0.6) is 0 Å². The molecule has 3 N–H and O–H groups in total. The van der Waals surface area contributed by atoms with Crippen LogP contribution in [-0.4, -0.2) is 16.9 Å². The van der Waals surface area contributed by atoms with Crippen molar-refractivity contribution in [3.05, 3.63) is 11.1 Å². The zero-order valence-electron chi connectivity index (χ0n) is 9.69. The summed E-state index contributed by atoms with van der Waals surface area (Å²) in [7, 11) is 0. The second-order valence-electron chi connectivity index (χ2n) is 5.11. The highest BCUT2D eigenvalue weighted by molar-refractivity contribution is 7.13. The van der Waals surface area contributed by atoms with Crippen LogP contribution in [0.4, 0.5) is 5.13 Å². The van der Waals surface area contributed by atoms with E-state index < -0.39 is 0 Å². The Hall–Kier alpha value is -0.940. The van der Waals surface area contributed by atoms with E-state index in [1.165, 1.54) is 24.2 Å². The third kappa shape index (κ3) is 2.50. The van der Waals surface area contributed by atoms with E-state index >= 15 is 0 Å². The Bertz CT molecular complexity index is 427. The number of aromatic nitrogens is 1. The molecule has 2 aliphatic rings. The lowest BCUT2D eigenvalue weighted by molar-refractivity contribution is -0.119. The van der Waals surface area contributed by atoms with E-state index in [-0.39, 0.29) is 17.9 Å². The SMILES string of the molecule is N[C@@H]1CC[C@H](C(=O)Nc2nc(C3CC3)cs2)C1. The Balaban J connectivity index is 1.59. The summed E-state index contributed by atoms with van der Waals surface area (Å²) in [6.45, 7) is 0. The number of hydrogen-bond acceptors (Lipinski definition) is 4. The van der Waals surface area contributed by atoms with Crippen LogP contribution in [0.3, 0.4) is 0 Å². The van der Waals surface area contributed by atoms with Gasteiger partial charge in [-0.25, -0.2) is 4.98 Å². The number of hydrogen-bond donors (Lipinski definition) is 2. The third-order valence-electron chi connectivity index (χ3n) is 3.59. The van der Waals surface area contributed by atoms with Gasteiger partial charge in [0.15, 0.2) is 5.13 Å². The fourth-order valence-electron chi connectivity index (χ4n) is 2.37. The minimum Gasteiger partial charge on any atom is -0.328 e. The first kappa shape index (κ1) is 11.2. The van der Waals surface area contributed by atoms with E-state index in [1.54, 1.807) is 0 Å². The summed E-state index contributed by atoms with van der Waals surface area (Å²) in [5.41, 5.74) is 6.96. The second kappa shape index (κ2) is 4.38. The number of nitrogens with one attached hydrogen (secondary N) is 1. The number of anilines is 1. The maximum atomic E-state index is 12.0. The molecule has 0 aromatic carbocycles. The molecule has 1 amide bonds. The smallest absolute Gasteiger partial charge is 0.229 e. The zero-order valence-corrected chi connectivity index (χ0v) is 10.5. The zero-order chi connectivity index (χ0) is 11.8. The monoisotopic (exact) mass is 251 g/mol. The van der Waals surface area contributed by atoms with Crippen LogP contribution in [0.2, 0.25) is 0 Å². The van der Waals surface area contributed by atoms with Gasteiger partial charge in [-0.3, -0.25) is 4.79 Å². The molecular weight excluding hydrogens is 234 g/mol. The topological polar surface area (TPSA) is 68.0 Å². The summed E-state index contributed by atoms with van der Waals surface area (Å²) >= 11 is 1.53. The molecular formula is C12H17N3OS. The first-order valence-corrected chi connectivity index (χ1v) is 7.12. The van der Waals surface area contributed by atoms with Gasteiger partial charge in [0.25, 0.3) is 0 Å². The Morgan fingerprint density at radius 2 is 2.24 bits per heavy atom.